The number of nitrogens with zero attached hydrogens (tertiary/aromatic N) is 2. The zero-order valence-electron chi connectivity index (χ0n) is 15.2. The van der Waals surface area contributed by atoms with Crippen molar-refractivity contribution in [3.05, 3.63) is 47.8 Å². The van der Waals surface area contributed by atoms with Crippen LogP contribution in [0.3, 0.4) is 0 Å². The van der Waals surface area contributed by atoms with Gasteiger partial charge in [-0.15, -0.1) is 12.4 Å². The lowest BCUT2D eigenvalue weighted by atomic mass is 10.0. The molecule has 0 radical (unpaired) electrons. The van der Waals surface area contributed by atoms with Gasteiger partial charge in [0.1, 0.15) is 18.4 Å². The van der Waals surface area contributed by atoms with Crippen LogP contribution >= 0.6 is 12.4 Å². The highest BCUT2D eigenvalue weighted by Crippen LogP contribution is 2.25. The minimum Gasteiger partial charge on any atom is -0.491 e. The number of hydrogen-bond donors (Lipinski definition) is 2. The first kappa shape index (κ1) is 21.0. The second-order valence-corrected chi connectivity index (χ2v) is 6.00. The molecule has 0 saturated heterocycles. The highest BCUT2D eigenvalue weighted by atomic mass is 35.5. The summed E-state index contributed by atoms with van der Waals surface area (Å²) in [5.41, 5.74) is 2.01. The van der Waals surface area contributed by atoms with Crippen molar-refractivity contribution in [3.8, 4) is 5.75 Å². The van der Waals surface area contributed by atoms with Crippen LogP contribution in [-0.4, -0.2) is 35.9 Å². The van der Waals surface area contributed by atoms with Gasteiger partial charge < -0.3 is 15.4 Å². The molecule has 1 aromatic carbocycles. The molecule has 0 spiro atoms. The van der Waals surface area contributed by atoms with Gasteiger partial charge in [0.05, 0.1) is 12.7 Å². The Morgan fingerprint density at radius 3 is 2.64 bits per heavy atom. The maximum atomic E-state index is 12.3. The van der Waals surface area contributed by atoms with E-state index in [0.717, 1.165) is 11.3 Å². The highest BCUT2D eigenvalue weighted by Gasteiger charge is 2.19. The topological polar surface area (TPSA) is 68.2 Å². The van der Waals surface area contributed by atoms with Crippen molar-refractivity contribution in [2.45, 2.75) is 25.8 Å². The van der Waals surface area contributed by atoms with Crippen molar-refractivity contribution >= 4 is 18.3 Å². The summed E-state index contributed by atoms with van der Waals surface area (Å²) in [5.74, 6) is 1.18. The predicted molar refractivity (Wildman–Crippen MR) is 101 cm³/mol. The molecule has 1 amide bonds. The summed E-state index contributed by atoms with van der Waals surface area (Å²) in [6, 6.07) is 7.58. The van der Waals surface area contributed by atoms with E-state index in [9.17, 15) is 4.79 Å². The largest absolute Gasteiger partial charge is 0.491 e. The molecule has 6 nitrogen and oxygen atoms in total. The summed E-state index contributed by atoms with van der Waals surface area (Å²) < 4.78 is 7.50. The van der Waals surface area contributed by atoms with Crippen LogP contribution in [0.25, 0.3) is 0 Å². The number of hydrogen-bond acceptors (Lipinski definition) is 4. The van der Waals surface area contributed by atoms with Crippen molar-refractivity contribution in [3.63, 3.8) is 0 Å². The van der Waals surface area contributed by atoms with E-state index in [0.29, 0.717) is 19.1 Å². The number of halogens is 1. The first-order valence-electron chi connectivity index (χ1n) is 8.18. The van der Waals surface area contributed by atoms with Gasteiger partial charge in [-0.25, -0.2) is 0 Å². The number of rotatable bonds is 8. The standard InChI is InChI=1S/C18H26N4O2.ClH/c1-13(2)15-7-5-6-8-16(15)24-10-9-20-18(23)17(19-3)14-11-21-22(4)12-14;/h5-8,11-13,17,19H,9-10H2,1-4H3,(H,20,23);1H. The third-order valence-electron chi connectivity index (χ3n) is 3.81. The monoisotopic (exact) mass is 366 g/mol. The second kappa shape index (κ2) is 10.1. The van der Waals surface area contributed by atoms with Crippen molar-refractivity contribution < 1.29 is 9.53 Å². The summed E-state index contributed by atoms with van der Waals surface area (Å²) in [5, 5.41) is 10.0. The van der Waals surface area contributed by atoms with Crippen LogP contribution in [0.15, 0.2) is 36.7 Å². The minimum absolute atomic E-state index is 0. The van der Waals surface area contributed by atoms with Gasteiger partial charge in [0, 0.05) is 18.8 Å². The van der Waals surface area contributed by atoms with Gasteiger partial charge in [-0.05, 0) is 24.6 Å². The van der Waals surface area contributed by atoms with Gasteiger partial charge in [0.15, 0.2) is 0 Å². The van der Waals surface area contributed by atoms with Crippen LogP contribution in [0.5, 0.6) is 5.75 Å². The number of para-hydroxylation sites is 1. The molecule has 1 unspecified atom stereocenters. The Morgan fingerprint density at radius 2 is 2.04 bits per heavy atom. The van der Waals surface area contributed by atoms with E-state index in [1.54, 1.807) is 17.9 Å². The average molecular weight is 367 g/mol. The van der Waals surface area contributed by atoms with E-state index >= 15 is 0 Å². The number of aromatic nitrogens is 2. The third-order valence-corrected chi connectivity index (χ3v) is 3.81. The molecule has 0 saturated carbocycles. The Balaban J connectivity index is 0.00000312. The number of nitrogens with one attached hydrogen (secondary N) is 2. The van der Waals surface area contributed by atoms with Gasteiger partial charge in [-0.2, -0.15) is 5.10 Å². The molecule has 0 aliphatic rings. The van der Waals surface area contributed by atoms with E-state index in [1.165, 1.54) is 5.56 Å². The lowest BCUT2D eigenvalue weighted by molar-refractivity contribution is -0.123. The number of carbonyl (C=O) groups excluding carboxylic acids is 1. The molecule has 7 heteroatoms. The van der Waals surface area contributed by atoms with E-state index in [-0.39, 0.29) is 18.3 Å². The lowest BCUT2D eigenvalue weighted by Crippen LogP contribution is -2.37. The number of likely N-dealkylation sites (N-methyl/N-ethyl adjacent to an activating group) is 1. The quantitative estimate of drug-likeness (QED) is 0.704. The van der Waals surface area contributed by atoms with Crippen molar-refractivity contribution in [2.75, 3.05) is 20.2 Å². The zero-order chi connectivity index (χ0) is 17.5. The average Bonchev–Trinajstić information content (AvgIpc) is 2.98. The summed E-state index contributed by atoms with van der Waals surface area (Å²) in [4.78, 5) is 12.3. The summed E-state index contributed by atoms with van der Waals surface area (Å²) in [6.07, 6.45) is 3.52. The molecule has 25 heavy (non-hydrogen) atoms. The number of ether oxygens (including phenoxy) is 1. The van der Waals surface area contributed by atoms with Crippen LogP contribution < -0.4 is 15.4 Å². The number of aryl methyl sites for hydroxylation is 1. The van der Waals surface area contributed by atoms with Gasteiger partial charge in [0.2, 0.25) is 5.91 Å². The Morgan fingerprint density at radius 1 is 1.32 bits per heavy atom. The smallest absolute Gasteiger partial charge is 0.241 e. The fourth-order valence-corrected chi connectivity index (χ4v) is 2.56. The van der Waals surface area contributed by atoms with Crippen LogP contribution in [0.2, 0.25) is 0 Å². The molecule has 2 aromatic rings. The van der Waals surface area contributed by atoms with Crippen LogP contribution in [0.1, 0.15) is 36.9 Å². The van der Waals surface area contributed by atoms with E-state index in [4.69, 9.17) is 4.74 Å². The van der Waals surface area contributed by atoms with Crippen molar-refractivity contribution in [2.24, 2.45) is 7.05 Å². The zero-order valence-corrected chi connectivity index (χ0v) is 16.0. The van der Waals surface area contributed by atoms with E-state index in [2.05, 4.69) is 35.6 Å². The number of carbonyl (C=O) groups is 1. The first-order chi connectivity index (χ1) is 11.5. The predicted octanol–water partition coefficient (Wildman–Crippen LogP) is 2.42. The maximum absolute atomic E-state index is 12.3. The molecule has 0 fully saturated rings. The van der Waals surface area contributed by atoms with Crippen LogP contribution in [0.4, 0.5) is 0 Å². The number of amides is 1. The maximum Gasteiger partial charge on any atom is 0.241 e. The van der Waals surface area contributed by atoms with Crippen molar-refractivity contribution in [1.82, 2.24) is 20.4 Å². The van der Waals surface area contributed by atoms with Gasteiger partial charge in [-0.1, -0.05) is 32.0 Å². The summed E-state index contributed by atoms with van der Waals surface area (Å²) in [6.45, 7) is 5.15. The number of benzene rings is 1. The SMILES string of the molecule is CNC(C(=O)NCCOc1ccccc1C(C)C)c1cnn(C)c1.Cl. The molecular formula is C18H27ClN4O2. The van der Waals surface area contributed by atoms with E-state index < -0.39 is 6.04 Å². The molecule has 0 bridgehead atoms. The Bertz CT molecular complexity index is 673. The molecule has 138 valence electrons. The van der Waals surface area contributed by atoms with Gasteiger partial charge in [0.25, 0.3) is 0 Å². The third kappa shape index (κ3) is 5.76. The summed E-state index contributed by atoms with van der Waals surface area (Å²) in [7, 11) is 3.58. The van der Waals surface area contributed by atoms with Gasteiger partial charge >= 0.3 is 0 Å². The van der Waals surface area contributed by atoms with Gasteiger partial charge in [-0.3, -0.25) is 9.48 Å². The minimum atomic E-state index is -0.415. The molecule has 1 heterocycles. The Labute approximate surface area is 155 Å². The van der Waals surface area contributed by atoms with Crippen LogP contribution in [-0.2, 0) is 11.8 Å². The summed E-state index contributed by atoms with van der Waals surface area (Å²) >= 11 is 0. The normalized spacial score (nSPS) is 11.7. The Kier molecular flexibility index (Phi) is 8.45. The molecule has 1 aromatic heterocycles. The Hall–Kier alpha value is -2.05. The van der Waals surface area contributed by atoms with Crippen LogP contribution in [0, 0.1) is 0 Å². The first-order valence-corrected chi connectivity index (χ1v) is 8.18. The molecule has 2 rings (SSSR count). The molecule has 2 N–H and O–H groups in total. The van der Waals surface area contributed by atoms with E-state index in [1.807, 2.05) is 31.4 Å². The lowest BCUT2D eigenvalue weighted by Gasteiger charge is -2.16. The second-order valence-electron chi connectivity index (χ2n) is 6.00. The fourth-order valence-electron chi connectivity index (χ4n) is 2.56. The fraction of sp³-hybridized carbons (Fsp3) is 0.444. The molecule has 0 aliphatic carbocycles. The molecule has 0 aliphatic heterocycles. The molecular weight excluding hydrogens is 340 g/mol. The molecule has 1 atom stereocenters. The van der Waals surface area contributed by atoms with Crippen molar-refractivity contribution in [1.29, 1.82) is 0 Å². The highest BCUT2D eigenvalue weighted by molar-refractivity contribution is 5.85.